The molecule has 1 aromatic rings. The second kappa shape index (κ2) is 5.35. The van der Waals surface area contributed by atoms with Crippen molar-refractivity contribution in [3.63, 3.8) is 0 Å². The van der Waals surface area contributed by atoms with Gasteiger partial charge in [-0.2, -0.15) is 17.7 Å². The topological polar surface area (TPSA) is 17.8 Å². The van der Waals surface area contributed by atoms with Crippen LogP contribution >= 0.6 is 28.6 Å². The van der Waals surface area contributed by atoms with Crippen molar-refractivity contribution >= 4 is 28.6 Å². The first kappa shape index (κ1) is 13.5. The minimum atomic E-state index is 0.365. The zero-order valence-corrected chi connectivity index (χ0v) is 13.1. The molecule has 1 fully saturated rings. The van der Waals surface area contributed by atoms with Crippen LogP contribution in [0.25, 0.3) is 0 Å². The Morgan fingerprint density at radius 3 is 2.41 bits per heavy atom. The highest BCUT2D eigenvalue weighted by molar-refractivity contribution is 9.10. The molecule has 96 valence electrons. The largest absolute Gasteiger partial charge is 0.268 e. The maximum Gasteiger partial charge on any atom is 0.0738 e. The van der Waals surface area contributed by atoms with E-state index >= 15 is 0 Å². The van der Waals surface area contributed by atoms with E-state index in [0.717, 1.165) is 22.5 Å². The second-order valence-electron chi connectivity index (χ2n) is 5.36. The Morgan fingerprint density at radius 2 is 1.94 bits per heavy atom. The summed E-state index contributed by atoms with van der Waals surface area (Å²) in [5.41, 5.74) is 2.70. The van der Waals surface area contributed by atoms with Crippen LogP contribution in [0, 0.1) is 19.3 Å². The van der Waals surface area contributed by atoms with Gasteiger partial charge >= 0.3 is 0 Å². The lowest BCUT2D eigenvalue weighted by molar-refractivity contribution is 0.181. The Hall–Kier alpha value is 0.0400. The van der Waals surface area contributed by atoms with Gasteiger partial charge in [0.05, 0.1) is 10.2 Å². The highest BCUT2D eigenvalue weighted by atomic mass is 79.9. The first-order valence-electron chi connectivity index (χ1n) is 6.38. The van der Waals surface area contributed by atoms with Crippen molar-refractivity contribution in [2.45, 2.75) is 52.5 Å². The van der Waals surface area contributed by atoms with Gasteiger partial charge in [0.1, 0.15) is 0 Å². The fourth-order valence-corrected chi connectivity index (χ4v) is 3.51. The van der Waals surface area contributed by atoms with Gasteiger partial charge in [-0.05, 0) is 53.8 Å². The Bertz CT molecular complexity index is 394. The minimum absolute atomic E-state index is 0.365. The number of halogens is 1. The van der Waals surface area contributed by atoms with Crippen molar-refractivity contribution in [1.29, 1.82) is 0 Å². The zero-order valence-electron chi connectivity index (χ0n) is 10.7. The van der Waals surface area contributed by atoms with E-state index in [1.807, 2.05) is 0 Å². The van der Waals surface area contributed by atoms with Gasteiger partial charge in [-0.3, -0.25) is 4.68 Å². The van der Waals surface area contributed by atoms with Crippen LogP contribution in [0.4, 0.5) is 0 Å². The Labute approximate surface area is 118 Å². The smallest absolute Gasteiger partial charge is 0.0738 e. The van der Waals surface area contributed by atoms with Crippen LogP contribution in [0.15, 0.2) is 4.47 Å². The lowest BCUT2D eigenvalue weighted by atomic mass is 9.75. The van der Waals surface area contributed by atoms with Crippen molar-refractivity contribution in [3.8, 4) is 0 Å². The van der Waals surface area contributed by atoms with Gasteiger partial charge in [0.25, 0.3) is 0 Å². The Kier molecular flexibility index (Phi) is 4.24. The molecule has 4 heteroatoms. The SMILES string of the molecule is Cc1nn(CC2(CS)CCCCC2)c(C)c1Br. The quantitative estimate of drug-likeness (QED) is 0.830. The molecule has 0 saturated heterocycles. The molecule has 0 radical (unpaired) electrons. The average molecular weight is 317 g/mol. The van der Waals surface area contributed by atoms with Crippen molar-refractivity contribution in [2.24, 2.45) is 5.41 Å². The van der Waals surface area contributed by atoms with Gasteiger partial charge in [0, 0.05) is 12.2 Å². The maximum atomic E-state index is 4.63. The van der Waals surface area contributed by atoms with Gasteiger partial charge in [-0.1, -0.05) is 19.3 Å². The predicted octanol–water partition coefficient (Wildman–Crippen LogP) is 4.14. The third-order valence-electron chi connectivity index (χ3n) is 4.03. The normalized spacial score (nSPS) is 19.5. The Morgan fingerprint density at radius 1 is 1.29 bits per heavy atom. The molecule has 2 rings (SSSR count). The summed E-state index contributed by atoms with van der Waals surface area (Å²) >= 11 is 8.20. The second-order valence-corrected chi connectivity index (χ2v) is 6.47. The lowest BCUT2D eigenvalue weighted by Gasteiger charge is -2.36. The summed E-state index contributed by atoms with van der Waals surface area (Å²) < 4.78 is 3.32. The van der Waals surface area contributed by atoms with Crippen molar-refractivity contribution in [2.75, 3.05) is 5.75 Å². The summed E-state index contributed by atoms with van der Waals surface area (Å²) in [4.78, 5) is 0. The molecule has 1 aliphatic rings. The highest BCUT2D eigenvalue weighted by Crippen LogP contribution is 2.39. The van der Waals surface area contributed by atoms with E-state index in [9.17, 15) is 0 Å². The number of thiol groups is 1. The molecule has 1 aromatic heterocycles. The van der Waals surface area contributed by atoms with E-state index in [-0.39, 0.29) is 0 Å². The maximum absolute atomic E-state index is 4.63. The van der Waals surface area contributed by atoms with Crippen LogP contribution in [0.5, 0.6) is 0 Å². The molecule has 0 unspecified atom stereocenters. The first-order valence-corrected chi connectivity index (χ1v) is 7.81. The van der Waals surface area contributed by atoms with Gasteiger partial charge < -0.3 is 0 Å². The molecule has 1 aliphatic carbocycles. The van der Waals surface area contributed by atoms with Crippen LogP contribution in [0.2, 0.25) is 0 Å². The Balaban J connectivity index is 2.20. The average Bonchev–Trinajstić information content (AvgIpc) is 2.58. The summed E-state index contributed by atoms with van der Waals surface area (Å²) in [7, 11) is 0. The summed E-state index contributed by atoms with van der Waals surface area (Å²) in [5, 5.41) is 4.63. The molecule has 1 saturated carbocycles. The van der Waals surface area contributed by atoms with E-state index in [4.69, 9.17) is 0 Å². The van der Waals surface area contributed by atoms with Crippen LogP contribution in [-0.2, 0) is 6.54 Å². The number of aryl methyl sites for hydroxylation is 1. The van der Waals surface area contributed by atoms with Crippen molar-refractivity contribution in [1.82, 2.24) is 9.78 Å². The number of aromatic nitrogens is 2. The van der Waals surface area contributed by atoms with Crippen LogP contribution in [0.3, 0.4) is 0 Å². The molecule has 17 heavy (non-hydrogen) atoms. The molecule has 1 heterocycles. The standard InChI is InChI=1S/C13H21BrN2S/c1-10-12(14)11(2)16(15-10)8-13(9-17)6-4-3-5-7-13/h17H,3-9H2,1-2H3. The van der Waals surface area contributed by atoms with Gasteiger partial charge in [0.2, 0.25) is 0 Å². The lowest BCUT2D eigenvalue weighted by Crippen LogP contribution is -2.32. The summed E-state index contributed by atoms with van der Waals surface area (Å²) in [6.45, 7) is 5.22. The zero-order chi connectivity index (χ0) is 12.5. The summed E-state index contributed by atoms with van der Waals surface area (Å²) in [5.74, 6) is 0.975. The fraction of sp³-hybridized carbons (Fsp3) is 0.769. The summed E-state index contributed by atoms with van der Waals surface area (Å²) in [6, 6.07) is 0. The van der Waals surface area contributed by atoms with Crippen LogP contribution < -0.4 is 0 Å². The van der Waals surface area contributed by atoms with E-state index < -0.39 is 0 Å². The molecular formula is C13H21BrN2S. The fourth-order valence-electron chi connectivity index (χ4n) is 2.81. The molecule has 0 atom stereocenters. The molecule has 0 amide bonds. The van der Waals surface area contributed by atoms with E-state index in [0.29, 0.717) is 5.41 Å². The van der Waals surface area contributed by atoms with Crippen molar-refractivity contribution < 1.29 is 0 Å². The number of hydrogen-bond donors (Lipinski definition) is 1. The minimum Gasteiger partial charge on any atom is -0.268 e. The van der Waals surface area contributed by atoms with Gasteiger partial charge in [-0.15, -0.1) is 0 Å². The molecule has 0 N–H and O–H groups in total. The molecule has 0 aromatic carbocycles. The van der Waals surface area contributed by atoms with E-state index in [1.165, 1.54) is 37.8 Å². The molecule has 0 aliphatic heterocycles. The third-order valence-corrected chi connectivity index (χ3v) is 5.85. The van der Waals surface area contributed by atoms with E-state index in [2.05, 4.69) is 52.2 Å². The number of hydrogen-bond acceptors (Lipinski definition) is 2. The van der Waals surface area contributed by atoms with Crippen LogP contribution in [0.1, 0.15) is 43.5 Å². The molecule has 0 spiro atoms. The monoisotopic (exact) mass is 316 g/mol. The summed E-state index contributed by atoms with van der Waals surface area (Å²) in [6.07, 6.45) is 6.68. The number of nitrogens with zero attached hydrogens (tertiary/aromatic N) is 2. The third kappa shape index (κ3) is 2.73. The van der Waals surface area contributed by atoms with Gasteiger partial charge in [0.15, 0.2) is 0 Å². The van der Waals surface area contributed by atoms with Crippen LogP contribution in [-0.4, -0.2) is 15.5 Å². The van der Waals surface area contributed by atoms with E-state index in [1.54, 1.807) is 0 Å². The molecule has 0 bridgehead atoms. The molecule has 2 nitrogen and oxygen atoms in total. The number of rotatable bonds is 3. The highest BCUT2D eigenvalue weighted by Gasteiger charge is 2.32. The predicted molar refractivity (Wildman–Crippen MR) is 78.8 cm³/mol. The van der Waals surface area contributed by atoms with Gasteiger partial charge in [-0.25, -0.2) is 0 Å². The molecular weight excluding hydrogens is 296 g/mol. The van der Waals surface area contributed by atoms with Crippen molar-refractivity contribution in [3.05, 3.63) is 15.9 Å². The first-order chi connectivity index (χ1) is 8.08.